The molecule has 0 radical (unpaired) electrons. The Hall–Kier alpha value is -3.45. The summed E-state index contributed by atoms with van der Waals surface area (Å²) >= 11 is 1.52. The summed E-state index contributed by atoms with van der Waals surface area (Å²) in [4.78, 5) is 34.7. The lowest BCUT2D eigenvalue weighted by Crippen LogP contribution is -2.43. The minimum Gasteiger partial charge on any atom is -0.459 e. The second-order valence-electron chi connectivity index (χ2n) is 7.97. The monoisotopic (exact) mass is 445 g/mol. The molecule has 0 atom stereocenters. The molecule has 4 aromatic rings. The summed E-state index contributed by atoms with van der Waals surface area (Å²) in [5.74, 6) is 0.0688. The van der Waals surface area contributed by atoms with Crippen molar-refractivity contribution in [2.75, 3.05) is 18.0 Å². The zero-order valence-electron chi connectivity index (χ0n) is 17.7. The third-order valence-electron chi connectivity index (χ3n) is 5.91. The first-order valence-corrected chi connectivity index (χ1v) is 11.5. The number of aromatic nitrogens is 1. The highest BCUT2D eigenvalue weighted by molar-refractivity contribution is 7.22. The zero-order chi connectivity index (χ0) is 22.1. The Labute approximate surface area is 190 Å². The number of carbonyl (C=O) groups excluding carboxylic acids is 2. The van der Waals surface area contributed by atoms with E-state index >= 15 is 0 Å². The highest BCUT2D eigenvalue weighted by atomic mass is 32.1. The number of rotatable bonds is 4. The summed E-state index contributed by atoms with van der Waals surface area (Å²) in [6.07, 6.45) is 2.72. The van der Waals surface area contributed by atoms with Crippen LogP contribution in [-0.2, 0) is 4.79 Å². The van der Waals surface area contributed by atoms with Gasteiger partial charge < -0.3 is 9.32 Å². The molecular weight excluding hydrogens is 422 g/mol. The number of fused-ring (bicyclic) bond motifs is 1. The molecule has 7 heteroatoms. The smallest absolute Gasteiger partial charge is 0.289 e. The molecule has 1 saturated heterocycles. The summed E-state index contributed by atoms with van der Waals surface area (Å²) < 4.78 is 6.29. The number of anilines is 2. The molecule has 0 saturated carbocycles. The van der Waals surface area contributed by atoms with Gasteiger partial charge in [-0.1, -0.05) is 41.7 Å². The fraction of sp³-hybridized carbons (Fsp3) is 0.240. The molecule has 2 amide bonds. The first-order chi connectivity index (χ1) is 15.6. The number of piperidine rings is 1. The number of nitrogens with zero attached hydrogens (tertiary/aromatic N) is 3. The van der Waals surface area contributed by atoms with Crippen molar-refractivity contribution in [2.24, 2.45) is 5.92 Å². The van der Waals surface area contributed by atoms with Crippen LogP contribution in [0.5, 0.6) is 0 Å². The van der Waals surface area contributed by atoms with Gasteiger partial charge in [0.15, 0.2) is 10.9 Å². The van der Waals surface area contributed by atoms with E-state index in [4.69, 9.17) is 9.40 Å². The molecule has 5 rings (SSSR count). The van der Waals surface area contributed by atoms with E-state index in [2.05, 4.69) is 0 Å². The third-order valence-corrected chi connectivity index (χ3v) is 6.94. The first kappa shape index (κ1) is 20.5. The van der Waals surface area contributed by atoms with Crippen molar-refractivity contribution in [1.82, 2.24) is 9.88 Å². The van der Waals surface area contributed by atoms with Crippen LogP contribution in [-0.4, -0.2) is 34.8 Å². The number of carbonyl (C=O) groups is 2. The minimum atomic E-state index is -0.178. The van der Waals surface area contributed by atoms with Crippen molar-refractivity contribution in [3.8, 4) is 0 Å². The number of benzene rings is 2. The lowest BCUT2D eigenvalue weighted by Gasteiger charge is -2.33. The van der Waals surface area contributed by atoms with Crippen LogP contribution >= 0.6 is 11.3 Å². The number of amides is 2. The first-order valence-electron chi connectivity index (χ1n) is 10.7. The maximum absolute atomic E-state index is 13.8. The summed E-state index contributed by atoms with van der Waals surface area (Å²) in [7, 11) is 0. The van der Waals surface area contributed by atoms with Crippen LogP contribution in [0.15, 0.2) is 71.3 Å². The average Bonchev–Trinajstić information content (AvgIpc) is 3.50. The van der Waals surface area contributed by atoms with Gasteiger partial charge in [0.05, 0.1) is 22.2 Å². The van der Waals surface area contributed by atoms with Crippen LogP contribution in [0.3, 0.4) is 0 Å². The molecule has 1 aliphatic rings. The maximum atomic E-state index is 13.8. The molecule has 0 bridgehead atoms. The maximum Gasteiger partial charge on any atom is 0.289 e. The van der Waals surface area contributed by atoms with E-state index in [1.807, 2.05) is 55.5 Å². The van der Waals surface area contributed by atoms with Gasteiger partial charge in [-0.2, -0.15) is 0 Å². The molecule has 32 heavy (non-hydrogen) atoms. The second kappa shape index (κ2) is 8.59. The number of hydrogen-bond donors (Lipinski definition) is 0. The Balaban J connectivity index is 1.41. The molecule has 0 spiro atoms. The van der Waals surface area contributed by atoms with E-state index in [-0.39, 0.29) is 17.7 Å². The zero-order valence-corrected chi connectivity index (χ0v) is 18.5. The number of thiazole rings is 1. The van der Waals surface area contributed by atoms with Crippen LogP contribution in [0.1, 0.15) is 29.0 Å². The summed E-state index contributed by atoms with van der Waals surface area (Å²) in [6.45, 7) is 3.06. The molecule has 1 fully saturated rings. The van der Waals surface area contributed by atoms with E-state index in [0.717, 1.165) is 21.5 Å². The van der Waals surface area contributed by atoms with E-state index < -0.39 is 0 Å². The molecule has 0 aliphatic carbocycles. The molecule has 2 aromatic carbocycles. The van der Waals surface area contributed by atoms with Gasteiger partial charge in [-0.15, -0.1) is 0 Å². The lowest BCUT2D eigenvalue weighted by atomic mass is 9.94. The second-order valence-corrected chi connectivity index (χ2v) is 8.98. The van der Waals surface area contributed by atoms with Crippen LogP contribution in [0.2, 0.25) is 0 Å². The van der Waals surface area contributed by atoms with Crippen LogP contribution < -0.4 is 4.90 Å². The number of para-hydroxylation sites is 2. The Morgan fingerprint density at radius 2 is 1.78 bits per heavy atom. The van der Waals surface area contributed by atoms with Gasteiger partial charge in [0.25, 0.3) is 5.91 Å². The van der Waals surface area contributed by atoms with Crippen molar-refractivity contribution in [3.63, 3.8) is 0 Å². The Kier molecular flexibility index (Phi) is 5.49. The molecule has 2 aromatic heterocycles. The van der Waals surface area contributed by atoms with E-state index in [9.17, 15) is 9.59 Å². The molecule has 0 unspecified atom stereocenters. The summed E-state index contributed by atoms with van der Waals surface area (Å²) in [5.41, 5.74) is 2.76. The average molecular weight is 446 g/mol. The molecule has 162 valence electrons. The topological polar surface area (TPSA) is 66.7 Å². The Bertz CT molecular complexity index is 1220. The van der Waals surface area contributed by atoms with E-state index in [0.29, 0.717) is 36.8 Å². The molecular formula is C25H23N3O3S. The normalized spacial score (nSPS) is 14.6. The lowest BCUT2D eigenvalue weighted by molar-refractivity contribution is -0.122. The largest absolute Gasteiger partial charge is 0.459 e. The number of furan rings is 1. The van der Waals surface area contributed by atoms with Gasteiger partial charge in [-0.05, 0) is 55.7 Å². The van der Waals surface area contributed by atoms with Gasteiger partial charge >= 0.3 is 0 Å². The molecule has 3 heterocycles. The highest BCUT2D eigenvalue weighted by Gasteiger charge is 2.34. The molecule has 1 aliphatic heterocycles. The molecule has 0 N–H and O–H groups in total. The van der Waals surface area contributed by atoms with Crippen LogP contribution in [0.25, 0.3) is 10.2 Å². The van der Waals surface area contributed by atoms with E-state index in [1.54, 1.807) is 21.9 Å². The van der Waals surface area contributed by atoms with Gasteiger partial charge in [-0.25, -0.2) is 4.98 Å². The van der Waals surface area contributed by atoms with Gasteiger partial charge in [-0.3, -0.25) is 14.5 Å². The van der Waals surface area contributed by atoms with Gasteiger partial charge in [0.2, 0.25) is 5.91 Å². The number of hydrogen-bond acceptors (Lipinski definition) is 5. The summed E-state index contributed by atoms with van der Waals surface area (Å²) in [5, 5.41) is 0.680. The quantitative estimate of drug-likeness (QED) is 0.421. The van der Waals surface area contributed by atoms with Crippen LogP contribution in [0.4, 0.5) is 10.8 Å². The van der Waals surface area contributed by atoms with Crippen LogP contribution in [0, 0.1) is 12.8 Å². The number of aryl methyl sites for hydroxylation is 1. The van der Waals surface area contributed by atoms with Crippen molar-refractivity contribution >= 4 is 44.2 Å². The van der Waals surface area contributed by atoms with Crippen molar-refractivity contribution in [2.45, 2.75) is 19.8 Å². The van der Waals surface area contributed by atoms with Crippen molar-refractivity contribution in [1.29, 1.82) is 0 Å². The predicted molar refractivity (Wildman–Crippen MR) is 125 cm³/mol. The van der Waals surface area contributed by atoms with Crippen molar-refractivity contribution < 1.29 is 14.0 Å². The fourth-order valence-electron chi connectivity index (χ4n) is 4.15. The third kappa shape index (κ3) is 3.80. The predicted octanol–water partition coefficient (Wildman–Crippen LogP) is 5.41. The molecule has 6 nitrogen and oxygen atoms in total. The van der Waals surface area contributed by atoms with Gasteiger partial charge in [0.1, 0.15) is 0 Å². The minimum absolute atomic E-state index is 0.0310. The fourth-order valence-corrected chi connectivity index (χ4v) is 5.14. The van der Waals surface area contributed by atoms with Gasteiger partial charge in [0, 0.05) is 19.0 Å². The standard InChI is InChI=1S/C25H23N3O3S/c1-17-7-2-4-9-20(17)28(25-26-19-8-3-5-11-22(19)32-25)23(29)18-12-14-27(15-13-18)24(30)21-10-6-16-31-21/h2-11,16,18H,12-15H2,1H3. The van der Waals surface area contributed by atoms with E-state index in [1.165, 1.54) is 17.6 Å². The number of likely N-dealkylation sites (tertiary alicyclic amines) is 1. The Morgan fingerprint density at radius 1 is 1.03 bits per heavy atom. The Morgan fingerprint density at radius 3 is 2.50 bits per heavy atom. The summed E-state index contributed by atoms with van der Waals surface area (Å²) in [6, 6.07) is 19.2. The van der Waals surface area contributed by atoms with Crippen molar-refractivity contribution in [3.05, 3.63) is 78.3 Å². The highest BCUT2D eigenvalue weighted by Crippen LogP contribution is 2.37. The SMILES string of the molecule is Cc1ccccc1N(C(=O)C1CCN(C(=O)c2ccco2)CC1)c1nc2ccccc2s1.